The van der Waals surface area contributed by atoms with Crippen LogP contribution in [0.4, 0.5) is 0 Å². The van der Waals surface area contributed by atoms with E-state index in [9.17, 15) is 4.79 Å². The Morgan fingerprint density at radius 2 is 2.23 bits per heavy atom. The van der Waals surface area contributed by atoms with E-state index in [0.717, 1.165) is 6.42 Å². The second-order valence-electron chi connectivity index (χ2n) is 3.02. The van der Waals surface area contributed by atoms with Gasteiger partial charge in [-0.3, -0.25) is 4.79 Å². The van der Waals surface area contributed by atoms with Gasteiger partial charge in [0.25, 0.3) is 0 Å². The van der Waals surface area contributed by atoms with E-state index in [4.69, 9.17) is 9.76 Å². The highest BCUT2D eigenvalue weighted by Gasteiger charge is 2.10. The maximum Gasteiger partial charge on any atom is 0.376 e. The van der Waals surface area contributed by atoms with Crippen LogP contribution < -0.4 is 0 Å². The number of carbonyl (C=O) groups is 1. The van der Waals surface area contributed by atoms with Gasteiger partial charge in [-0.2, -0.15) is 0 Å². The summed E-state index contributed by atoms with van der Waals surface area (Å²) < 4.78 is 4.76. The maximum atomic E-state index is 10.9. The van der Waals surface area contributed by atoms with E-state index in [1.807, 2.05) is 7.05 Å². The summed E-state index contributed by atoms with van der Waals surface area (Å²) >= 11 is 0. The molecule has 5 heteroatoms. The van der Waals surface area contributed by atoms with Crippen LogP contribution in [0.15, 0.2) is 0 Å². The van der Waals surface area contributed by atoms with Crippen LogP contribution in [-0.2, 0) is 9.53 Å². The van der Waals surface area contributed by atoms with Crippen LogP contribution in [0.25, 0.3) is 0 Å². The van der Waals surface area contributed by atoms with Crippen molar-refractivity contribution >= 4 is 13.0 Å². The highest BCUT2D eigenvalue weighted by Crippen LogP contribution is 1.96. The van der Waals surface area contributed by atoms with Crippen LogP contribution in [0.1, 0.15) is 19.8 Å². The molecule has 0 fully saturated rings. The average Bonchev–Trinajstić information content (AvgIpc) is 2.04. The number of hydrogen-bond acceptors (Lipinski definition) is 4. The van der Waals surface area contributed by atoms with E-state index in [2.05, 4.69) is 0 Å². The van der Waals surface area contributed by atoms with Gasteiger partial charge in [0.15, 0.2) is 0 Å². The molecule has 0 aromatic heterocycles. The van der Waals surface area contributed by atoms with Crippen molar-refractivity contribution in [3.8, 4) is 0 Å². The normalized spacial score (nSPS) is 10.2. The fourth-order valence-corrected chi connectivity index (χ4v) is 0.893. The third-order valence-electron chi connectivity index (χ3n) is 1.83. The third-order valence-corrected chi connectivity index (χ3v) is 1.83. The Morgan fingerprint density at radius 1 is 1.62 bits per heavy atom. The highest BCUT2D eigenvalue weighted by atomic mass is 16.5. The summed E-state index contributed by atoms with van der Waals surface area (Å²) in [6, 6.07) is 0. The van der Waals surface area contributed by atoms with Crippen LogP contribution in [0.2, 0.25) is 6.82 Å². The zero-order chi connectivity index (χ0) is 10.3. The lowest BCUT2D eigenvalue weighted by molar-refractivity contribution is -0.143. The quantitative estimate of drug-likeness (QED) is 0.482. The van der Waals surface area contributed by atoms with Crippen molar-refractivity contribution in [1.29, 1.82) is 0 Å². The first-order valence-corrected chi connectivity index (χ1v) is 4.61. The summed E-state index contributed by atoms with van der Waals surface area (Å²) in [5, 5.41) is 9.10. The summed E-state index contributed by atoms with van der Waals surface area (Å²) in [6.45, 7) is 4.63. The molecule has 1 N–H and O–H groups in total. The smallest absolute Gasteiger partial charge is 0.376 e. The molecule has 0 rings (SSSR count). The molecule has 0 aromatic rings. The van der Waals surface area contributed by atoms with Gasteiger partial charge in [-0.15, -0.1) is 0 Å². The van der Waals surface area contributed by atoms with Gasteiger partial charge >= 0.3 is 13.0 Å². The number of nitrogens with zero attached hydrogens (tertiary/aromatic N) is 1. The van der Waals surface area contributed by atoms with Crippen molar-refractivity contribution in [2.24, 2.45) is 0 Å². The van der Waals surface area contributed by atoms with Gasteiger partial charge in [-0.1, -0.05) is 0 Å². The SMILES string of the molecule is CCOC(=O)CCCN(C)B(C)O. The minimum absolute atomic E-state index is 0.165. The lowest BCUT2D eigenvalue weighted by atomic mass is 9.86. The average molecular weight is 187 g/mol. The molecular weight excluding hydrogens is 169 g/mol. The maximum absolute atomic E-state index is 10.9. The molecule has 0 aliphatic heterocycles. The molecule has 0 radical (unpaired) electrons. The molecule has 0 heterocycles. The Hall–Kier alpha value is -0.545. The van der Waals surface area contributed by atoms with E-state index in [-0.39, 0.29) is 5.97 Å². The van der Waals surface area contributed by atoms with Crippen molar-refractivity contribution in [3.63, 3.8) is 0 Å². The van der Waals surface area contributed by atoms with Crippen LogP contribution in [0.3, 0.4) is 0 Å². The number of carbonyl (C=O) groups excluding carboxylic acids is 1. The summed E-state index contributed by atoms with van der Waals surface area (Å²) in [5.74, 6) is -0.165. The molecule has 0 saturated carbocycles. The molecule has 0 bridgehead atoms. The summed E-state index contributed by atoms with van der Waals surface area (Å²) in [5.41, 5.74) is 0. The van der Waals surface area contributed by atoms with E-state index in [1.54, 1.807) is 18.6 Å². The fraction of sp³-hybridized carbons (Fsp3) is 0.875. The van der Waals surface area contributed by atoms with Crippen molar-refractivity contribution in [1.82, 2.24) is 4.81 Å². The number of ether oxygens (including phenoxy) is 1. The largest absolute Gasteiger partial charge is 0.466 e. The van der Waals surface area contributed by atoms with Gasteiger partial charge < -0.3 is 14.6 Å². The van der Waals surface area contributed by atoms with E-state index >= 15 is 0 Å². The molecule has 76 valence electrons. The minimum atomic E-state index is -0.456. The van der Waals surface area contributed by atoms with Gasteiger partial charge in [0.05, 0.1) is 6.61 Å². The predicted octanol–water partition coefficient (Wildman–Crippen LogP) is 0.372. The van der Waals surface area contributed by atoms with Crippen molar-refractivity contribution in [2.45, 2.75) is 26.6 Å². The van der Waals surface area contributed by atoms with E-state index in [1.165, 1.54) is 0 Å². The molecule has 0 atom stereocenters. The van der Waals surface area contributed by atoms with Crippen LogP contribution in [0, 0.1) is 0 Å². The second kappa shape index (κ2) is 6.92. The first kappa shape index (κ1) is 12.5. The van der Waals surface area contributed by atoms with E-state index in [0.29, 0.717) is 19.6 Å². The van der Waals surface area contributed by atoms with Crippen molar-refractivity contribution in [3.05, 3.63) is 0 Å². The van der Waals surface area contributed by atoms with Crippen LogP contribution in [-0.4, -0.2) is 43.1 Å². The molecule has 0 aliphatic carbocycles. The van der Waals surface area contributed by atoms with Gasteiger partial charge in [-0.25, -0.2) is 0 Å². The zero-order valence-corrected chi connectivity index (χ0v) is 8.62. The fourth-order valence-electron chi connectivity index (χ4n) is 0.893. The number of rotatable bonds is 6. The van der Waals surface area contributed by atoms with E-state index < -0.39 is 7.05 Å². The molecular formula is C8H18BNO3. The summed E-state index contributed by atoms with van der Waals surface area (Å²) in [4.78, 5) is 12.7. The molecule has 0 unspecified atom stereocenters. The first-order valence-electron chi connectivity index (χ1n) is 4.61. The Labute approximate surface area is 80.0 Å². The van der Waals surface area contributed by atoms with Crippen molar-refractivity contribution < 1.29 is 14.6 Å². The molecule has 13 heavy (non-hydrogen) atoms. The molecule has 0 saturated heterocycles. The molecule has 4 nitrogen and oxygen atoms in total. The van der Waals surface area contributed by atoms with Crippen LogP contribution >= 0.6 is 0 Å². The lowest BCUT2D eigenvalue weighted by Crippen LogP contribution is -2.34. The van der Waals surface area contributed by atoms with Crippen molar-refractivity contribution in [2.75, 3.05) is 20.2 Å². The van der Waals surface area contributed by atoms with Gasteiger partial charge in [0.2, 0.25) is 0 Å². The van der Waals surface area contributed by atoms with Gasteiger partial charge in [0, 0.05) is 6.42 Å². The standard InChI is InChI=1S/C8H18BNO3/c1-4-13-8(11)6-5-7-10(3)9(2)12/h12H,4-7H2,1-3H3. The number of esters is 1. The summed E-state index contributed by atoms with van der Waals surface area (Å²) in [6.07, 6.45) is 1.14. The Balaban J connectivity index is 3.39. The molecule has 0 aromatic carbocycles. The van der Waals surface area contributed by atoms with Gasteiger partial charge in [-0.05, 0) is 33.8 Å². The molecule has 0 spiro atoms. The minimum Gasteiger partial charge on any atom is -0.466 e. The Bertz CT molecular complexity index is 152. The second-order valence-corrected chi connectivity index (χ2v) is 3.02. The topological polar surface area (TPSA) is 49.8 Å². The van der Waals surface area contributed by atoms with Crippen LogP contribution in [0.5, 0.6) is 0 Å². The molecule has 0 amide bonds. The first-order chi connectivity index (χ1) is 6.07. The lowest BCUT2D eigenvalue weighted by Gasteiger charge is -2.16. The highest BCUT2D eigenvalue weighted by molar-refractivity contribution is 6.45. The Morgan fingerprint density at radius 3 is 2.69 bits per heavy atom. The predicted molar refractivity (Wildman–Crippen MR) is 52.3 cm³/mol. The van der Waals surface area contributed by atoms with Gasteiger partial charge in [0.1, 0.15) is 0 Å². The summed E-state index contributed by atoms with van der Waals surface area (Å²) in [7, 11) is 1.36. The third kappa shape index (κ3) is 6.60. The molecule has 0 aliphatic rings. The number of hydrogen-bond donors (Lipinski definition) is 1. The monoisotopic (exact) mass is 187 g/mol. The Kier molecular flexibility index (Phi) is 6.63. The zero-order valence-electron chi connectivity index (χ0n) is 8.62.